The number of nitrogens with zero attached hydrogens (tertiary/aromatic N) is 7. The van der Waals surface area contributed by atoms with Gasteiger partial charge in [-0.05, 0) is 37.3 Å². The van der Waals surface area contributed by atoms with Gasteiger partial charge in [-0.2, -0.15) is 9.78 Å². The molecule has 4 rings (SSSR count). The molecule has 0 bridgehead atoms. The average molecular weight is 532 g/mol. The molecule has 0 amide bonds. The van der Waals surface area contributed by atoms with Gasteiger partial charge < -0.3 is 19.1 Å². The molecule has 0 spiro atoms. The highest BCUT2D eigenvalue weighted by molar-refractivity contribution is 7.71. The summed E-state index contributed by atoms with van der Waals surface area (Å²) < 4.78 is 20.4. The summed E-state index contributed by atoms with van der Waals surface area (Å²) in [6.07, 6.45) is 1.71. The van der Waals surface area contributed by atoms with E-state index in [-0.39, 0.29) is 0 Å². The van der Waals surface area contributed by atoms with Gasteiger partial charge in [-0.15, -0.1) is 16.4 Å². The highest BCUT2D eigenvalue weighted by atomic mass is 32.1. The minimum Gasteiger partial charge on any atom is -0.493 e. The number of rotatable bonds is 9. The predicted octanol–water partition coefficient (Wildman–Crippen LogP) is 3.77. The molecule has 0 radical (unpaired) electrons. The molecular weight excluding hydrogens is 498 g/mol. The highest BCUT2D eigenvalue weighted by Gasteiger charge is 2.20. The molecule has 0 atom stereocenters. The van der Waals surface area contributed by atoms with E-state index < -0.39 is 0 Å². The van der Waals surface area contributed by atoms with Gasteiger partial charge in [0.15, 0.2) is 16.5 Å². The molecule has 1 fully saturated rings. The minimum atomic E-state index is 0.321. The van der Waals surface area contributed by atoms with Crippen molar-refractivity contribution in [3.63, 3.8) is 0 Å². The summed E-state index contributed by atoms with van der Waals surface area (Å²) in [5.41, 5.74) is 1.79. The van der Waals surface area contributed by atoms with Crippen LogP contribution >= 0.6 is 23.6 Å². The van der Waals surface area contributed by atoms with E-state index in [0.29, 0.717) is 40.4 Å². The Kier molecular flexibility index (Phi) is 8.39. The summed E-state index contributed by atoms with van der Waals surface area (Å²) in [4.78, 5) is 9.48. The van der Waals surface area contributed by atoms with Gasteiger partial charge in [0.25, 0.3) is 0 Å². The fourth-order valence-corrected chi connectivity index (χ4v) is 5.04. The molecule has 1 aliphatic heterocycles. The maximum Gasteiger partial charge on any atom is 0.220 e. The normalized spacial score (nSPS) is 15.2. The van der Waals surface area contributed by atoms with Crippen molar-refractivity contribution < 1.29 is 14.2 Å². The quantitative estimate of drug-likeness (QED) is 0.305. The fraction of sp³-hybridized carbons (Fsp3) is 0.500. The molecule has 0 saturated carbocycles. The van der Waals surface area contributed by atoms with E-state index in [1.165, 1.54) is 0 Å². The minimum absolute atomic E-state index is 0.321. The molecule has 2 aromatic heterocycles. The van der Waals surface area contributed by atoms with Gasteiger partial charge in [-0.1, -0.05) is 13.8 Å². The zero-order valence-corrected chi connectivity index (χ0v) is 23.2. The molecule has 3 heterocycles. The SMILES string of the molecule is COc1cc(/C=N/n2c(-c3nc(C(C)C)cs3)nn(CN3CCN(C)CC3)c2=S)cc(OC)c1OC. The molecule has 0 aliphatic carbocycles. The number of ether oxygens (including phenoxy) is 3. The number of hydrogen-bond donors (Lipinski definition) is 0. The van der Waals surface area contributed by atoms with Crippen molar-refractivity contribution in [1.82, 2.24) is 29.2 Å². The van der Waals surface area contributed by atoms with Crippen molar-refractivity contribution in [2.45, 2.75) is 26.4 Å². The maximum atomic E-state index is 5.84. The van der Waals surface area contributed by atoms with Crippen molar-refractivity contribution >= 4 is 29.8 Å². The molecular formula is C24H33N7O3S2. The average Bonchev–Trinajstić information content (AvgIpc) is 3.49. The van der Waals surface area contributed by atoms with Gasteiger partial charge >= 0.3 is 0 Å². The van der Waals surface area contributed by atoms with Crippen LogP contribution in [0, 0.1) is 4.77 Å². The van der Waals surface area contributed by atoms with Crippen molar-refractivity contribution in [3.8, 4) is 28.1 Å². The Morgan fingerprint density at radius 1 is 1.08 bits per heavy atom. The lowest BCUT2D eigenvalue weighted by Gasteiger charge is -2.31. The van der Waals surface area contributed by atoms with Gasteiger partial charge in [0.1, 0.15) is 0 Å². The summed E-state index contributed by atoms with van der Waals surface area (Å²) in [5, 5.41) is 12.4. The van der Waals surface area contributed by atoms with Crippen LogP contribution in [0.1, 0.15) is 31.0 Å². The van der Waals surface area contributed by atoms with Crippen LogP contribution in [-0.4, -0.2) is 90.0 Å². The van der Waals surface area contributed by atoms with Crippen LogP contribution in [0.4, 0.5) is 0 Å². The third-order valence-electron chi connectivity index (χ3n) is 6.06. The van der Waals surface area contributed by atoms with E-state index in [0.717, 1.165) is 42.4 Å². The van der Waals surface area contributed by atoms with Crippen molar-refractivity contribution in [2.24, 2.45) is 5.10 Å². The fourth-order valence-electron chi connectivity index (χ4n) is 3.86. The summed E-state index contributed by atoms with van der Waals surface area (Å²) in [5.74, 6) is 2.57. The first-order valence-corrected chi connectivity index (χ1v) is 13.0. The van der Waals surface area contributed by atoms with Crippen LogP contribution in [0.15, 0.2) is 22.6 Å². The van der Waals surface area contributed by atoms with E-state index in [9.17, 15) is 0 Å². The molecule has 12 heteroatoms. The van der Waals surface area contributed by atoms with Crippen LogP contribution < -0.4 is 14.2 Å². The molecule has 3 aromatic rings. The molecule has 0 unspecified atom stereocenters. The first-order valence-electron chi connectivity index (χ1n) is 11.8. The molecule has 0 N–H and O–H groups in total. The maximum absolute atomic E-state index is 5.84. The third-order valence-corrected chi connectivity index (χ3v) is 7.30. The second kappa shape index (κ2) is 11.5. The van der Waals surface area contributed by atoms with E-state index in [1.54, 1.807) is 43.6 Å². The Balaban J connectivity index is 1.73. The van der Waals surface area contributed by atoms with Crippen LogP contribution in [0.3, 0.4) is 0 Å². The van der Waals surface area contributed by atoms with E-state index in [2.05, 4.69) is 36.1 Å². The van der Waals surface area contributed by atoms with Gasteiger partial charge in [-0.3, -0.25) is 4.90 Å². The van der Waals surface area contributed by atoms with Crippen LogP contribution in [-0.2, 0) is 6.67 Å². The lowest BCUT2D eigenvalue weighted by atomic mass is 10.2. The molecule has 36 heavy (non-hydrogen) atoms. The molecule has 194 valence electrons. The Morgan fingerprint density at radius 3 is 2.31 bits per heavy atom. The number of thiazole rings is 1. The van der Waals surface area contributed by atoms with Crippen LogP contribution in [0.25, 0.3) is 10.8 Å². The zero-order valence-electron chi connectivity index (χ0n) is 21.6. The second-order valence-electron chi connectivity index (χ2n) is 8.92. The standard InChI is InChI=1S/C24H33N7O3S2/c1-16(2)18-14-36-23(26-18)22-27-30(15-29-9-7-28(3)8-10-29)24(35)31(22)25-13-17-11-19(32-4)21(34-6)20(12-17)33-5/h11-14,16H,7-10,15H2,1-6H3/b25-13+. The highest BCUT2D eigenvalue weighted by Crippen LogP contribution is 2.37. The summed E-state index contributed by atoms with van der Waals surface area (Å²) in [6, 6.07) is 3.67. The topological polar surface area (TPSA) is 82.2 Å². The summed E-state index contributed by atoms with van der Waals surface area (Å²) in [7, 11) is 6.89. The Hall–Kier alpha value is -2.80. The van der Waals surface area contributed by atoms with E-state index in [4.69, 9.17) is 41.6 Å². The van der Waals surface area contributed by atoms with Gasteiger partial charge in [0.2, 0.25) is 16.3 Å². The van der Waals surface area contributed by atoms with Crippen molar-refractivity contribution in [1.29, 1.82) is 0 Å². The largest absolute Gasteiger partial charge is 0.493 e. The van der Waals surface area contributed by atoms with Gasteiger partial charge in [-0.25, -0.2) is 9.67 Å². The number of benzene rings is 1. The predicted molar refractivity (Wildman–Crippen MR) is 144 cm³/mol. The van der Waals surface area contributed by atoms with E-state index >= 15 is 0 Å². The monoisotopic (exact) mass is 531 g/mol. The Bertz CT molecular complexity index is 1250. The summed E-state index contributed by atoms with van der Waals surface area (Å²) >= 11 is 7.38. The number of hydrogen-bond acceptors (Lipinski definition) is 10. The first-order chi connectivity index (χ1) is 17.3. The van der Waals surface area contributed by atoms with Gasteiger partial charge in [0, 0.05) is 37.1 Å². The number of methoxy groups -OCH3 is 3. The van der Waals surface area contributed by atoms with E-state index in [1.807, 2.05) is 16.8 Å². The second-order valence-corrected chi connectivity index (χ2v) is 10.1. The zero-order chi connectivity index (χ0) is 25.8. The number of aromatic nitrogens is 4. The molecule has 10 nitrogen and oxygen atoms in total. The lowest BCUT2D eigenvalue weighted by Crippen LogP contribution is -2.45. The Labute approximate surface area is 220 Å². The van der Waals surface area contributed by atoms with Crippen LogP contribution in [0.2, 0.25) is 0 Å². The molecule has 1 aromatic carbocycles. The molecule has 1 saturated heterocycles. The number of piperazine rings is 1. The van der Waals surface area contributed by atoms with Crippen molar-refractivity contribution in [2.75, 3.05) is 54.6 Å². The number of likely N-dealkylation sites (N-methyl/N-ethyl adjacent to an activating group) is 1. The smallest absolute Gasteiger partial charge is 0.220 e. The first kappa shape index (κ1) is 26.3. The third kappa shape index (κ3) is 5.61. The molecule has 1 aliphatic rings. The summed E-state index contributed by atoms with van der Waals surface area (Å²) in [6.45, 7) is 8.82. The van der Waals surface area contributed by atoms with Crippen LogP contribution in [0.5, 0.6) is 17.2 Å². The Morgan fingerprint density at radius 2 is 1.75 bits per heavy atom. The lowest BCUT2D eigenvalue weighted by molar-refractivity contribution is 0.119. The van der Waals surface area contributed by atoms with Crippen molar-refractivity contribution in [3.05, 3.63) is 33.5 Å². The van der Waals surface area contributed by atoms with Gasteiger partial charge in [0.05, 0.1) is 39.9 Å².